The third-order valence-corrected chi connectivity index (χ3v) is 4.04. The third kappa shape index (κ3) is 3.23. The van der Waals surface area contributed by atoms with Gasteiger partial charge < -0.3 is 4.74 Å². The van der Waals surface area contributed by atoms with Crippen LogP contribution in [0.25, 0.3) is 10.9 Å². The van der Waals surface area contributed by atoms with E-state index in [1.165, 1.54) is 0 Å². The minimum Gasteiger partial charge on any atom is -0.379 e. The van der Waals surface area contributed by atoms with Crippen molar-refractivity contribution in [3.05, 3.63) is 46.1 Å². The van der Waals surface area contributed by atoms with Crippen molar-refractivity contribution >= 4 is 16.6 Å². The number of nitro benzene ring substituents is 1. The molecule has 1 aromatic heterocycles. The molecule has 1 fully saturated rings. The summed E-state index contributed by atoms with van der Waals surface area (Å²) in [5.74, 6) is 0. The number of hydrogen-bond donors (Lipinski definition) is 0. The second kappa shape index (κ2) is 6.81. The number of rotatable bonds is 5. The summed E-state index contributed by atoms with van der Waals surface area (Å²) in [6.45, 7) is 4.39. The highest BCUT2D eigenvalue weighted by Gasteiger charge is 2.19. The number of aryl methyl sites for hydroxylation is 1. The van der Waals surface area contributed by atoms with Crippen molar-refractivity contribution in [3.8, 4) is 0 Å². The zero-order chi connectivity index (χ0) is 15.4. The number of aromatic nitrogens is 1. The summed E-state index contributed by atoms with van der Waals surface area (Å²) in [5, 5.41) is 12.3. The predicted octanol–water partition coefficient (Wildman–Crippen LogP) is 2.41. The van der Waals surface area contributed by atoms with Gasteiger partial charge in [-0.05, 0) is 25.5 Å². The molecule has 0 aliphatic carbocycles. The van der Waals surface area contributed by atoms with Gasteiger partial charge in [0.05, 0.1) is 18.1 Å². The van der Waals surface area contributed by atoms with Crippen molar-refractivity contribution in [3.63, 3.8) is 0 Å². The lowest BCUT2D eigenvalue weighted by molar-refractivity contribution is -0.383. The average molecular weight is 301 g/mol. The molecule has 2 heterocycles. The maximum absolute atomic E-state index is 11.4. The van der Waals surface area contributed by atoms with Gasteiger partial charge in [-0.25, -0.2) is 4.98 Å². The number of morpholine rings is 1. The molecule has 3 rings (SSSR count). The molecule has 0 saturated carbocycles. The highest BCUT2D eigenvalue weighted by molar-refractivity contribution is 5.88. The van der Waals surface area contributed by atoms with Gasteiger partial charge in [-0.3, -0.25) is 15.0 Å². The van der Waals surface area contributed by atoms with E-state index in [2.05, 4.69) is 9.88 Å². The van der Waals surface area contributed by atoms with Crippen molar-refractivity contribution in [2.45, 2.75) is 12.8 Å². The summed E-state index contributed by atoms with van der Waals surface area (Å²) in [4.78, 5) is 17.7. The lowest BCUT2D eigenvalue weighted by Gasteiger charge is -2.26. The molecule has 22 heavy (non-hydrogen) atoms. The van der Waals surface area contributed by atoms with Gasteiger partial charge in [-0.2, -0.15) is 0 Å². The maximum Gasteiger partial charge on any atom is 0.298 e. The Morgan fingerprint density at radius 2 is 2.09 bits per heavy atom. The second-order valence-corrected chi connectivity index (χ2v) is 5.46. The molecule has 0 radical (unpaired) electrons. The normalized spacial score (nSPS) is 16.0. The third-order valence-electron chi connectivity index (χ3n) is 4.04. The fourth-order valence-corrected chi connectivity index (χ4v) is 2.89. The highest BCUT2D eigenvalue weighted by atomic mass is 16.6. The van der Waals surface area contributed by atoms with E-state index in [0.717, 1.165) is 50.2 Å². The molecule has 0 atom stereocenters. The quantitative estimate of drug-likeness (QED) is 0.626. The first-order valence-electron chi connectivity index (χ1n) is 7.57. The fourth-order valence-electron chi connectivity index (χ4n) is 2.89. The molecular weight excluding hydrogens is 282 g/mol. The Bertz CT molecular complexity index is 669. The minimum atomic E-state index is -0.306. The van der Waals surface area contributed by atoms with Crippen molar-refractivity contribution in [2.75, 3.05) is 32.8 Å². The molecule has 1 saturated heterocycles. The number of pyridine rings is 1. The topological polar surface area (TPSA) is 68.5 Å². The van der Waals surface area contributed by atoms with Crippen LogP contribution in [0.5, 0.6) is 0 Å². The molecule has 0 N–H and O–H groups in total. The maximum atomic E-state index is 11.4. The van der Waals surface area contributed by atoms with E-state index >= 15 is 0 Å². The molecule has 1 aromatic carbocycles. The molecule has 0 spiro atoms. The Morgan fingerprint density at radius 1 is 1.27 bits per heavy atom. The molecule has 1 aliphatic rings. The Kier molecular flexibility index (Phi) is 4.60. The van der Waals surface area contributed by atoms with Crippen LogP contribution in [-0.2, 0) is 11.2 Å². The summed E-state index contributed by atoms with van der Waals surface area (Å²) in [6, 6.07) is 7.43. The monoisotopic (exact) mass is 301 g/mol. The first kappa shape index (κ1) is 14.9. The molecular formula is C16H19N3O3. The molecule has 0 unspecified atom stereocenters. The van der Waals surface area contributed by atoms with Crippen LogP contribution >= 0.6 is 0 Å². The largest absolute Gasteiger partial charge is 0.379 e. The van der Waals surface area contributed by atoms with Crippen LogP contribution < -0.4 is 0 Å². The molecule has 116 valence electrons. The van der Waals surface area contributed by atoms with Gasteiger partial charge in [0.15, 0.2) is 0 Å². The lowest BCUT2D eigenvalue weighted by atomic mass is 10.0. The van der Waals surface area contributed by atoms with Gasteiger partial charge in [0, 0.05) is 30.2 Å². The summed E-state index contributed by atoms with van der Waals surface area (Å²) in [6.07, 6.45) is 3.20. The van der Waals surface area contributed by atoms with Gasteiger partial charge in [-0.1, -0.05) is 18.2 Å². The van der Waals surface area contributed by atoms with Crippen LogP contribution in [-0.4, -0.2) is 47.7 Å². The Labute approximate surface area is 128 Å². The standard InChI is InChI=1S/C16H19N3O3/c20-19(21)16-14(4-2-8-18-9-11-22-12-10-18)6-5-13-3-1-7-17-15(13)16/h1,3,5-7H,2,4,8-12H2. The number of hydrogen-bond acceptors (Lipinski definition) is 5. The average Bonchev–Trinajstić information content (AvgIpc) is 2.55. The SMILES string of the molecule is O=[N+]([O-])c1c(CCCN2CCOCC2)ccc2cccnc12. The second-order valence-electron chi connectivity index (χ2n) is 5.46. The van der Waals surface area contributed by atoms with E-state index in [4.69, 9.17) is 4.74 Å². The van der Waals surface area contributed by atoms with Gasteiger partial charge >= 0.3 is 0 Å². The number of benzene rings is 1. The summed E-state index contributed by atoms with van der Waals surface area (Å²) in [5.41, 5.74) is 1.40. The molecule has 0 amide bonds. The van der Waals surface area contributed by atoms with Crippen molar-refractivity contribution < 1.29 is 9.66 Å². The molecule has 2 aromatic rings. The highest BCUT2D eigenvalue weighted by Crippen LogP contribution is 2.28. The van der Waals surface area contributed by atoms with Crippen molar-refractivity contribution in [1.29, 1.82) is 0 Å². The van der Waals surface area contributed by atoms with E-state index in [-0.39, 0.29) is 10.6 Å². The van der Waals surface area contributed by atoms with E-state index in [1.807, 2.05) is 18.2 Å². The lowest BCUT2D eigenvalue weighted by Crippen LogP contribution is -2.36. The minimum absolute atomic E-state index is 0.153. The van der Waals surface area contributed by atoms with Gasteiger partial charge in [0.2, 0.25) is 0 Å². The van der Waals surface area contributed by atoms with E-state index < -0.39 is 0 Å². The Morgan fingerprint density at radius 3 is 2.86 bits per heavy atom. The number of nitro groups is 1. The Hall–Kier alpha value is -2.05. The number of fused-ring (bicyclic) bond motifs is 1. The van der Waals surface area contributed by atoms with Crippen molar-refractivity contribution in [1.82, 2.24) is 9.88 Å². The smallest absolute Gasteiger partial charge is 0.298 e. The van der Waals surface area contributed by atoms with Gasteiger partial charge in [0.25, 0.3) is 5.69 Å². The number of nitrogens with zero attached hydrogens (tertiary/aromatic N) is 3. The zero-order valence-corrected chi connectivity index (χ0v) is 12.4. The first-order chi connectivity index (χ1) is 10.8. The van der Waals surface area contributed by atoms with E-state index in [1.54, 1.807) is 12.3 Å². The van der Waals surface area contributed by atoms with Gasteiger partial charge in [0.1, 0.15) is 5.52 Å². The molecule has 6 heteroatoms. The van der Waals surface area contributed by atoms with Crippen LogP contribution in [0.3, 0.4) is 0 Å². The fraction of sp³-hybridized carbons (Fsp3) is 0.438. The zero-order valence-electron chi connectivity index (χ0n) is 12.4. The van der Waals surface area contributed by atoms with Crippen LogP contribution in [0.15, 0.2) is 30.5 Å². The summed E-state index contributed by atoms with van der Waals surface area (Å²) < 4.78 is 5.32. The number of ether oxygens (including phenoxy) is 1. The van der Waals surface area contributed by atoms with E-state index in [0.29, 0.717) is 11.9 Å². The van der Waals surface area contributed by atoms with Crippen molar-refractivity contribution in [2.24, 2.45) is 0 Å². The first-order valence-corrected chi connectivity index (χ1v) is 7.57. The van der Waals surface area contributed by atoms with Gasteiger partial charge in [-0.15, -0.1) is 0 Å². The molecule has 0 bridgehead atoms. The predicted molar refractivity (Wildman–Crippen MR) is 84.0 cm³/mol. The Balaban J connectivity index is 1.75. The molecule has 6 nitrogen and oxygen atoms in total. The van der Waals surface area contributed by atoms with Crippen LogP contribution in [0.4, 0.5) is 5.69 Å². The van der Waals surface area contributed by atoms with Crippen LogP contribution in [0, 0.1) is 10.1 Å². The summed E-state index contributed by atoms with van der Waals surface area (Å²) in [7, 11) is 0. The van der Waals surface area contributed by atoms with Crippen LogP contribution in [0.2, 0.25) is 0 Å². The van der Waals surface area contributed by atoms with E-state index in [9.17, 15) is 10.1 Å². The van der Waals surface area contributed by atoms with Crippen LogP contribution in [0.1, 0.15) is 12.0 Å². The summed E-state index contributed by atoms with van der Waals surface area (Å²) >= 11 is 0. The molecule has 1 aliphatic heterocycles.